The normalized spacial score (nSPS) is 32.1. The molecule has 4 heteroatoms. The minimum atomic E-state index is -1.05. The van der Waals surface area contributed by atoms with E-state index < -0.39 is 12.2 Å². The number of carboxylic acid groups (broad SMARTS) is 1. The number of hydrogen-bond acceptors (Lipinski definition) is 2. The Hall–Kier alpha value is -0.770. The summed E-state index contributed by atoms with van der Waals surface area (Å²) < 4.78 is 0. The SMILES string of the molecule is O=C(O)NC1CCCC1O. The van der Waals surface area contributed by atoms with Crippen LogP contribution in [0.5, 0.6) is 0 Å². The molecule has 1 aliphatic rings. The summed E-state index contributed by atoms with van der Waals surface area (Å²) in [5.74, 6) is 0. The molecule has 0 aromatic heterocycles. The van der Waals surface area contributed by atoms with Crippen LogP contribution in [0.1, 0.15) is 19.3 Å². The Balaban J connectivity index is 2.33. The predicted molar refractivity (Wildman–Crippen MR) is 34.8 cm³/mol. The van der Waals surface area contributed by atoms with Gasteiger partial charge in [-0.1, -0.05) is 0 Å². The van der Waals surface area contributed by atoms with Crippen molar-refractivity contribution in [3.05, 3.63) is 0 Å². The van der Waals surface area contributed by atoms with Crippen molar-refractivity contribution in [3.63, 3.8) is 0 Å². The van der Waals surface area contributed by atoms with E-state index in [2.05, 4.69) is 5.32 Å². The van der Waals surface area contributed by atoms with Gasteiger partial charge in [-0.25, -0.2) is 4.79 Å². The molecule has 2 unspecified atom stereocenters. The number of aliphatic hydroxyl groups is 1. The Labute approximate surface area is 58.9 Å². The third kappa shape index (κ3) is 1.60. The van der Waals surface area contributed by atoms with Gasteiger partial charge < -0.3 is 15.5 Å². The van der Waals surface area contributed by atoms with Gasteiger partial charge in [0.15, 0.2) is 0 Å². The summed E-state index contributed by atoms with van der Waals surface area (Å²) in [4.78, 5) is 10.1. The van der Waals surface area contributed by atoms with Crippen molar-refractivity contribution in [1.29, 1.82) is 0 Å². The molecule has 0 aromatic carbocycles. The van der Waals surface area contributed by atoms with Gasteiger partial charge in [0.05, 0.1) is 12.1 Å². The van der Waals surface area contributed by atoms with Gasteiger partial charge in [-0.3, -0.25) is 0 Å². The fourth-order valence-electron chi connectivity index (χ4n) is 1.27. The van der Waals surface area contributed by atoms with Crippen molar-refractivity contribution in [2.24, 2.45) is 0 Å². The van der Waals surface area contributed by atoms with Crippen molar-refractivity contribution >= 4 is 6.09 Å². The molecule has 0 saturated heterocycles. The largest absolute Gasteiger partial charge is 0.465 e. The molecule has 0 radical (unpaired) electrons. The van der Waals surface area contributed by atoms with E-state index in [1.54, 1.807) is 0 Å². The molecule has 0 heterocycles. The Morgan fingerprint density at radius 2 is 2.20 bits per heavy atom. The van der Waals surface area contributed by atoms with Crippen molar-refractivity contribution < 1.29 is 15.0 Å². The topological polar surface area (TPSA) is 69.6 Å². The molecule has 3 N–H and O–H groups in total. The zero-order chi connectivity index (χ0) is 7.56. The van der Waals surface area contributed by atoms with Gasteiger partial charge in [0.1, 0.15) is 0 Å². The summed E-state index contributed by atoms with van der Waals surface area (Å²) in [6.07, 6.45) is 0.854. The second-order valence-corrected chi connectivity index (χ2v) is 2.55. The van der Waals surface area contributed by atoms with E-state index in [1.165, 1.54) is 0 Å². The van der Waals surface area contributed by atoms with E-state index in [0.29, 0.717) is 6.42 Å². The van der Waals surface area contributed by atoms with Crippen LogP contribution >= 0.6 is 0 Å². The van der Waals surface area contributed by atoms with Gasteiger partial charge in [-0.15, -0.1) is 0 Å². The summed E-state index contributed by atoms with van der Waals surface area (Å²) in [7, 11) is 0. The molecule has 1 saturated carbocycles. The highest BCUT2D eigenvalue weighted by atomic mass is 16.4. The van der Waals surface area contributed by atoms with Gasteiger partial charge in [-0.05, 0) is 19.3 Å². The molecule has 4 nitrogen and oxygen atoms in total. The van der Waals surface area contributed by atoms with Gasteiger partial charge in [-0.2, -0.15) is 0 Å². The van der Waals surface area contributed by atoms with Crippen LogP contribution in [0.25, 0.3) is 0 Å². The monoisotopic (exact) mass is 145 g/mol. The van der Waals surface area contributed by atoms with E-state index in [9.17, 15) is 4.79 Å². The van der Waals surface area contributed by atoms with Crippen LogP contribution in [-0.2, 0) is 0 Å². The number of amides is 1. The minimum Gasteiger partial charge on any atom is -0.465 e. The Morgan fingerprint density at radius 3 is 2.60 bits per heavy atom. The van der Waals surface area contributed by atoms with Crippen LogP contribution in [0, 0.1) is 0 Å². The maximum absolute atomic E-state index is 10.1. The van der Waals surface area contributed by atoms with E-state index >= 15 is 0 Å². The van der Waals surface area contributed by atoms with Crippen LogP contribution in [-0.4, -0.2) is 28.5 Å². The first-order valence-corrected chi connectivity index (χ1v) is 3.37. The lowest BCUT2D eigenvalue weighted by Gasteiger charge is -2.12. The van der Waals surface area contributed by atoms with E-state index in [4.69, 9.17) is 10.2 Å². The minimum absolute atomic E-state index is 0.238. The third-order valence-corrected chi connectivity index (χ3v) is 1.79. The van der Waals surface area contributed by atoms with Gasteiger partial charge in [0.2, 0.25) is 0 Å². The molecule has 1 aliphatic carbocycles. The second-order valence-electron chi connectivity index (χ2n) is 2.55. The molecular formula is C6H11NO3. The smallest absolute Gasteiger partial charge is 0.404 e. The zero-order valence-corrected chi connectivity index (χ0v) is 5.58. The third-order valence-electron chi connectivity index (χ3n) is 1.79. The van der Waals surface area contributed by atoms with Gasteiger partial charge in [0.25, 0.3) is 0 Å². The highest BCUT2D eigenvalue weighted by molar-refractivity contribution is 5.64. The summed E-state index contributed by atoms with van der Waals surface area (Å²) in [6, 6.07) is -0.238. The molecule has 0 bridgehead atoms. The number of aliphatic hydroxyl groups excluding tert-OH is 1. The van der Waals surface area contributed by atoms with Crippen LogP contribution in [0.15, 0.2) is 0 Å². The number of hydrogen-bond donors (Lipinski definition) is 3. The average Bonchev–Trinajstić information content (AvgIpc) is 2.15. The first-order valence-electron chi connectivity index (χ1n) is 3.37. The van der Waals surface area contributed by atoms with E-state index in [1.807, 2.05) is 0 Å². The van der Waals surface area contributed by atoms with E-state index in [-0.39, 0.29) is 6.04 Å². The second kappa shape index (κ2) is 2.88. The van der Waals surface area contributed by atoms with Crippen molar-refractivity contribution in [3.8, 4) is 0 Å². The quantitative estimate of drug-likeness (QED) is 0.492. The lowest BCUT2D eigenvalue weighted by Crippen LogP contribution is -2.38. The molecular weight excluding hydrogens is 134 g/mol. The molecule has 1 fully saturated rings. The number of carbonyl (C=O) groups is 1. The Kier molecular flexibility index (Phi) is 2.11. The lowest BCUT2D eigenvalue weighted by atomic mass is 10.2. The van der Waals surface area contributed by atoms with Crippen molar-refractivity contribution in [2.45, 2.75) is 31.4 Å². The number of nitrogens with one attached hydrogen (secondary N) is 1. The maximum atomic E-state index is 10.1. The highest BCUT2D eigenvalue weighted by Gasteiger charge is 2.25. The highest BCUT2D eigenvalue weighted by Crippen LogP contribution is 2.18. The van der Waals surface area contributed by atoms with E-state index in [0.717, 1.165) is 12.8 Å². The van der Waals surface area contributed by atoms with Crippen LogP contribution in [0.2, 0.25) is 0 Å². The average molecular weight is 145 g/mol. The summed E-state index contributed by atoms with van der Waals surface area (Å²) in [5, 5.41) is 19.6. The molecule has 0 aromatic rings. The van der Waals surface area contributed by atoms with Gasteiger partial charge in [0, 0.05) is 0 Å². The van der Waals surface area contributed by atoms with Gasteiger partial charge >= 0.3 is 6.09 Å². The zero-order valence-electron chi connectivity index (χ0n) is 5.58. The fraction of sp³-hybridized carbons (Fsp3) is 0.833. The number of rotatable bonds is 1. The van der Waals surface area contributed by atoms with Crippen molar-refractivity contribution in [2.75, 3.05) is 0 Å². The van der Waals surface area contributed by atoms with Crippen molar-refractivity contribution in [1.82, 2.24) is 5.32 Å². The Morgan fingerprint density at radius 1 is 1.50 bits per heavy atom. The summed E-state index contributed by atoms with van der Waals surface area (Å²) in [6.45, 7) is 0. The first-order chi connectivity index (χ1) is 4.70. The summed E-state index contributed by atoms with van der Waals surface area (Å²) in [5.41, 5.74) is 0. The van der Waals surface area contributed by atoms with Crippen LogP contribution in [0.3, 0.4) is 0 Å². The predicted octanol–water partition coefficient (Wildman–Crippen LogP) is 0.167. The summed E-state index contributed by atoms with van der Waals surface area (Å²) >= 11 is 0. The molecule has 10 heavy (non-hydrogen) atoms. The maximum Gasteiger partial charge on any atom is 0.404 e. The first kappa shape index (κ1) is 7.34. The molecule has 0 spiro atoms. The fourth-order valence-corrected chi connectivity index (χ4v) is 1.27. The molecule has 2 atom stereocenters. The lowest BCUT2D eigenvalue weighted by molar-refractivity contribution is 0.138. The molecule has 58 valence electrons. The van der Waals surface area contributed by atoms with Crippen LogP contribution in [0.4, 0.5) is 4.79 Å². The molecule has 1 rings (SSSR count). The molecule has 0 aliphatic heterocycles. The standard InChI is InChI=1S/C6H11NO3/c8-5-3-1-2-4(5)7-6(9)10/h4-5,7-8H,1-3H2,(H,9,10). The van der Waals surface area contributed by atoms with Crippen LogP contribution < -0.4 is 5.32 Å². The Bertz CT molecular complexity index is 137. The molecule has 1 amide bonds.